The molecule has 0 unspecified atom stereocenters. The number of nitrogens with one attached hydrogen (secondary N) is 1. The van der Waals surface area contributed by atoms with Crippen LogP contribution in [0.15, 0.2) is 29.1 Å². The molecule has 3 aromatic heterocycles. The molecule has 8 nitrogen and oxygen atoms in total. The highest BCUT2D eigenvalue weighted by molar-refractivity contribution is 7.13. The summed E-state index contributed by atoms with van der Waals surface area (Å²) in [6.45, 7) is 6.67. The molecular weight excluding hydrogens is 336 g/mol. The number of guanidine groups is 1. The van der Waals surface area contributed by atoms with Crippen molar-refractivity contribution in [1.29, 1.82) is 0 Å². The Hall–Kier alpha value is -2.68. The summed E-state index contributed by atoms with van der Waals surface area (Å²) in [6, 6.07) is 0.224. The van der Waals surface area contributed by atoms with Gasteiger partial charge in [-0.05, 0) is 19.4 Å². The van der Waals surface area contributed by atoms with Gasteiger partial charge in [0.05, 0.1) is 5.39 Å². The summed E-state index contributed by atoms with van der Waals surface area (Å²) < 4.78 is 0. The van der Waals surface area contributed by atoms with Crippen molar-refractivity contribution in [2.75, 3.05) is 24.5 Å². The standard InChI is InChI=1S/C16H20N8S/c1-10-7-19-13-12(10)14(21-9-20-13)23-4-5-24(11(2)8-23)15(17)22-16-18-3-6-25-16/h3,6-7,9,11H,4-5,8H2,1-2H3,(H2,17,18,22)(H,19,20,21)/t11-/m0/s1. The topological polar surface area (TPSA) is 99.3 Å². The molecule has 4 heterocycles. The number of aliphatic imine (C=N–C) groups is 1. The second kappa shape index (κ2) is 6.32. The first-order valence-electron chi connectivity index (χ1n) is 8.17. The molecule has 3 aromatic rings. The number of H-pyrrole nitrogens is 1. The maximum absolute atomic E-state index is 6.21. The van der Waals surface area contributed by atoms with Crippen molar-refractivity contribution in [3.8, 4) is 0 Å². The summed E-state index contributed by atoms with van der Waals surface area (Å²) in [5.74, 6) is 1.50. The van der Waals surface area contributed by atoms with Crippen molar-refractivity contribution >= 4 is 39.3 Å². The van der Waals surface area contributed by atoms with Crippen LogP contribution in [0.4, 0.5) is 10.9 Å². The maximum atomic E-state index is 6.21. The molecule has 0 aliphatic carbocycles. The molecule has 0 radical (unpaired) electrons. The van der Waals surface area contributed by atoms with Gasteiger partial charge in [-0.15, -0.1) is 11.3 Å². The number of thiazole rings is 1. The van der Waals surface area contributed by atoms with Crippen LogP contribution >= 0.6 is 11.3 Å². The molecule has 0 aromatic carbocycles. The van der Waals surface area contributed by atoms with Crippen molar-refractivity contribution in [2.45, 2.75) is 19.9 Å². The Morgan fingerprint density at radius 3 is 3.00 bits per heavy atom. The van der Waals surface area contributed by atoms with E-state index in [9.17, 15) is 0 Å². The third kappa shape index (κ3) is 2.91. The molecule has 1 aliphatic rings. The first-order valence-corrected chi connectivity index (χ1v) is 9.05. The summed E-state index contributed by atoms with van der Waals surface area (Å²) in [7, 11) is 0. The van der Waals surface area contributed by atoms with E-state index in [1.165, 1.54) is 11.3 Å². The zero-order chi connectivity index (χ0) is 17.4. The second-order valence-electron chi connectivity index (χ2n) is 6.17. The van der Waals surface area contributed by atoms with Crippen LogP contribution in [-0.2, 0) is 0 Å². The highest BCUT2D eigenvalue weighted by Crippen LogP contribution is 2.27. The van der Waals surface area contributed by atoms with Crippen molar-refractivity contribution in [2.24, 2.45) is 10.7 Å². The lowest BCUT2D eigenvalue weighted by Gasteiger charge is -2.41. The van der Waals surface area contributed by atoms with Gasteiger partial charge in [-0.2, -0.15) is 4.99 Å². The fourth-order valence-corrected chi connectivity index (χ4v) is 3.77. The number of aromatic amines is 1. The van der Waals surface area contributed by atoms with Gasteiger partial charge in [-0.3, -0.25) is 0 Å². The summed E-state index contributed by atoms with van der Waals surface area (Å²) in [4.78, 5) is 25.1. The van der Waals surface area contributed by atoms with E-state index in [0.717, 1.165) is 42.0 Å². The van der Waals surface area contributed by atoms with Crippen LogP contribution in [-0.4, -0.2) is 56.5 Å². The molecule has 1 atom stereocenters. The molecule has 0 spiro atoms. The van der Waals surface area contributed by atoms with E-state index in [-0.39, 0.29) is 6.04 Å². The fraction of sp³-hybridized carbons (Fsp3) is 0.375. The largest absolute Gasteiger partial charge is 0.369 e. The first-order chi connectivity index (χ1) is 12.1. The molecule has 130 valence electrons. The molecule has 0 amide bonds. The molecule has 9 heteroatoms. The molecule has 1 saturated heterocycles. The molecule has 0 saturated carbocycles. The summed E-state index contributed by atoms with van der Waals surface area (Å²) in [5, 5.41) is 3.67. The van der Waals surface area contributed by atoms with E-state index in [1.54, 1.807) is 12.5 Å². The predicted molar refractivity (Wildman–Crippen MR) is 100 cm³/mol. The summed E-state index contributed by atoms with van der Waals surface area (Å²) >= 11 is 1.48. The maximum Gasteiger partial charge on any atom is 0.212 e. The van der Waals surface area contributed by atoms with E-state index in [2.05, 4.69) is 48.6 Å². The van der Waals surface area contributed by atoms with Crippen molar-refractivity contribution in [3.63, 3.8) is 0 Å². The summed E-state index contributed by atoms with van der Waals surface area (Å²) in [6.07, 6.45) is 5.32. The Bertz CT molecular complexity index is 900. The highest BCUT2D eigenvalue weighted by Gasteiger charge is 2.27. The average Bonchev–Trinajstić information content (AvgIpc) is 3.24. The minimum atomic E-state index is 0.224. The minimum absolute atomic E-state index is 0.224. The number of piperazine rings is 1. The Labute approximate surface area is 149 Å². The van der Waals surface area contributed by atoms with Crippen molar-refractivity contribution < 1.29 is 0 Å². The fourth-order valence-electron chi connectivity index (χ4n) is 3.26. The summed E-state index contributed by atoms with van der Waals surface area (Å²) in [5.41, 5.74) is 8.24. The molecule has 1 aliphatic heterocycles. The van der Waals surface area contributed by atoms with Crippen LogP contribution in [0.3, 0.4) is 0 Å². The molecule has 4 rings (SSSR count). The molecule has 3 N–H and O–H groups in total. The lowest BCUT2D eigenvalue weighted by atomic mass is 10.1. The van der Waals surface area contributed by atoms with Crippen LogP contribution in [0, 0.1) is 6.92 Å². The smallest absolute Gasteiger partial charge is 0.212 e. The average molecular weight is 356 g/mol. The highest BCUT2D eigenvalue weighted by atomic mass is 32.1. The lowest BCUT2D eigenvalue weighted by Crippen LogP contribution is -2.56. The van der Waals surface area contributed by atoms with Gasteiger partial charge >= 0.3 is 0 Å². The van der Waals surface area contributed by atoms with E-state index in [4.69, 9.17) is 5.73 Å². The van der Waals surface area contributed by atoms with Crippen molar-refractivity contribution in [3.05, 3.63) is 29.7 Å². The van der Waals surface area contributed by atoms with Gasteiger partial charge in [0, 0.05) is 43.4 Å². The van der Waals surface area contributed by atoms with Gasteiger partial charge in [-0.1, -0.05) is 0 Å². The van der Waals surface area contributed by atoms with Gasteiger partial charge in [0.25, 0.3) is 0 Å². The molecular formula is C16H20N8S. The monoisotopic (exact) mass is 356 g/mol. The van der Waals surface area contributed by atoms with Gasteiger partial charge in [0.1, 0.15) is 17.8 Å². The number of rotatable bonds is 2. The molecule has 1 fully saturated rings. The van der Waals surface area contributed by atoms with Gasteiger partial charge in [-0.25, -0.2) is 15.0 Å². The number of anilines is 1. The van der Waals surface area contributed by atoms with Gasteiger partial charge < -0.3 is 20.5 Å². The number of aromatic nitrogens is 4. The third-order valence-corrected chi connectivity index (χ3v) is 5.16. The van der Waals surface area contributed by atoms with E-state index < -0.39 is 0 Å². The Morgan fingerprint density at radius 1 is 1.36 bits per heavy atom. The van der Waals surface area contributed by atoms with Crippen molar-refractivity contribution in [1.82, 2.24) is 24.8 Å². The number of fused-ring (bicyclic) bond motifs is 1. The van der Waals surface area contributed by atoms with E-state index in [1.807, 2.05) is 11.6 Å². The predicted octanol–water partition coefficient (Wildman–Crippen LogP) is 1.88. The Kier molecular flexibility index (Phi) is 4.00. The number of hydrogen-bond donors (Lipinski definition) is 2. The van der Waals surface area contributed by atoms with Crippen LogP contribution in [0.25, 0.3) is 11.0 Å². The normalized spacial score (nSPS) is 19.0. The second-order valence-corrected chi connectivity index (χ2v) is 7.04. The minimum Gasteiger partial charge on any atom is -0.369 e. The van der Waals surface area contributed by atoms with Crippen LogP contribution in [0.5, 0.6) is 0 Å². The lowest BCUT2D eigenvalue weighted by molar-refractivity contribution is 0.294. The van der Waals surface area contributed by atoms with Gasteiger partial charge in [0.2, 0.25) is 5.13 Å². The van der Waals surface area contributed by atoms with Crippen LogP contribution in [0.1, 0.15) is 12.5 Å². The van der Waals surface area contributed by atoms with Crippen LogP contribution < -0.4 is 10.6 Å². The third-order valence-electron chi connectivity index (χ3n) is 4.50. The van der Waals surface area contributed by atoms with Gasteiger partial charge in [0.15, 0.2) is 5.96 Å². The zero-order valence-electron chi connectivity index (χ0n) is 14.2. The first kappa shape index (κ1) is 15.8. The van der Waals surface area contributed by atoms with E-state index >= 15 is 0 Å². The van der Waals surface area contributed by atoms with E-state index in [0.29, 0.717) is 11.1 Å². The Balaban J connectivity index is 1.56. The molecule has 25 heavy (non-hydrogen) atoms. The SMILES string of the molecule is Cc1c[nH]c2ncnc(N3CCN(C(N)=Nc4nccs4)[C@@H](C)C3)c12. The Morgan fingerprint density at radius 2 is 2.24 bits per heavy atom. The number of nitrogens with zero attached hydrogens (tertiary/aromatic N) is 6. The number of hydrogen-bond acceptors (Lipinski definition) is 6. The number of aryl methyl sites for hydroxylation is 1. The molecule has 0 bridgehead atoms. The van der Waals surface area contributed by atoms with Crippen LogP contribution in [0.2, 0.25) is 0 Å². The number of nitrogens with two attached hydrogens (primary N) is 1. The quantitative estimate of drug-likeness (QED) is 0.537. The zero-order valence-corrected chi connectivity index (χ0v) is 15.0.